The summed E-state index contributed by atoms with van der Waals surface area (Å²) in [6.45, 7) is 5.31. The lowest BCUT2D eigenvalue weighted by molar-refractivity contribution is 0.0733. The Kier molecular flexibility index (Phi) is 8.62. The minimum Gasteiger partial charge on any atom is -0.487 e. The molecular formula is C27H34N2O7S. The van der Waals surface area contributed by atoms with Crippen LogP contribution in [0.5, 0.6) is 17.2 Å². The maximum absolute atomic E-state index is 13.6. The van der Waals surface area contributed by atoms with Crippen LogP contribution in [-0.4, -0.2) is 82.1 Å². The Bertz CT molecular complexity index is 1270. The number of likely N-dealkylation sites (N-methyl/N-ethyl adjacent to an activating group) is 1. The zero-order chi connectivity index (χ0) is 26.6. The van der Waals surface area contributed by atoms with Crippen LogP contribution < -0.4 is 14.2 Å². The number of hydrogen-bond donors (Lipinski definition) is 1. The van der Waals surface area contributed by atoms with Gasteiger partial charge in [0.1, 0.15) is 23.4 Å². The maximum Gasteiger partial charge on any atom is 0.247 e. The van der Waals surface area contributed by atoms with Crippen molar-refractivity contribution >= 4 is 10.0 Å². The number of benzene rings is 2. The van der Waals surface area contributed by atoms with Crippen LogP contribution in [0, 0.1) is 17.8 Å². The van der Waals surface area contributed by atoms with E-state index in [9.17, 15) is 13.5 Å². The highest BCUT2D eigenvalue weighted by molar-refractivity contribution is 7.89. The van der Waals surface area contributed by atoms with E-state index in [0.717, 1.165) is 17.1 Å². The van der Waals surface area contributed by atoms with E-state index in [1.165, 1.54) is 10.4 Å². The molecule has 2 aliphatic heterocycles. The Hall–Kier alpha value is -2.81. The first-order chi connectivity index (χ1) is 17.7. The van der Waals surface area contributed by atoms with Crippen molar-refractivity contribution in [3.8, 4) is 29.1 Å². The second-order valence-electron chi connectivity index (χ2n) is 9.52. The molecule has 0 aromatic heterocycles. The number of aliphatic hydroxyl groups is 1. The zero-order valence-corrected chi connectivity index (χ0v) is 22.5. The van der Waals surface area contributed by atoms with Gasteiger partial charge < -0.3 is 24.1 Å². The molecule has 0 aliphatic carbocycles. The Morgan fingerprint density at radius 2 is 1.97 bits per heavy atom. The van der Waals surface area contributed by atoms with E-state index in [4.69, 9.17) is 18.9 Å². The first-order valence-electron chi connectivity index (χ1n) is 12.2. The average molecular weight is 531 g/mol. The molecule has 37 heavy (non-hydrogen) atoms. The number of fused-ring (bicyclic) bond motifs is 2. The van der Waals surface area contributed by atoms with Gasteiger partial charge in [-0.2, -0.15) is 4.31 Å². The van der Waals surface area contributed by atoms with Crippen LogP contribution in [0.3, 0.4) is 0 Å². The second-order valence-corrected chi connectivity index (χ2v) is 11.4. The number of ether oxygens (including phenoxy) is 4. The molecule has 0 bridgehead atoms. The third-order valence-electron chi connectivity index (χ3n) is 6.50. The molecule has 2 aliphatic rings. The van der Waals surface area contributed by atoms with Crippen molar-refractivity contribution in [2.45, 2.75) is 37.4 Å². The van der Waals surface area contributed by atoms with E-state index in [0.29, 0.717) is 18.7 Å². The van der Waals surface area contributed by atoms with Crippen molar-refractivity contribution in [1.82, 2.24) is 9.21 Å². The van der Waals surface area contributed by atoms with Crippen molar-refractivity contribution in [3.05, 3.63) is 47.5 Å². The van der Waals surface area contributed by atoms with Crippen molar-refractivity contribution in [3.63, 3.8) is 0 Å². The molecule has 10 heteroatoms. The summed E-state index contributed by atoms with van der Waals surface area (Å²) < 4.78 is 50.9. The first kappa shape index (κ1) is 27.2. The Morgan fingerprint density at radius 3 is 2.73 bits per heavy atom. The van der Waals surface area contributed by atoms with E-state index >= 15 is 0 Å². The van der Waals surface area contributed by atoms with Crippen molar-refractivity contribution in [1.29, 1.82) is 0 Å². The average Bonchev–Trinajstić information content (AvgIpc) is 3.34. The van der Waals surface area contributed by atoms with Gasteiger partial charge in [0.15, 0.2) is 11.5 Å². The smallest absolute Gasteiger partial charge is 0.247 e. The monoisotopic (exact) mass is 530 g/mol. The molecule has 3 atom stereocenters. The fourth-order valence-corrected chi connectivity index (χ4v) is 6.28. The summed E-state index contributed by atoms with van der Waals surface area (Å²) in [6, 6.07) is 10.2. The van der Waals surface area contributed by atoms with E-state index in [1.807, 2.05) is 32.2 Å². The van der Waals surface area contributed by atoms with E-state index < -0.39 is 16.1 Å². The Labute approximate surface area is 218 Å². The lowest BCUT2D eigenvalue weighted by atomic mass is 10.0. The van der Waals surface area contributed by atoms with Crippen LogP contribution in [0.1, 0.15) is 25.0 Å². The summed E-state index contributed by atoms with van der Waals surface area (Å²) in [5.74, 6) is 7.46. The molecule has 1 N–H and O–H groups in total. The highest BCUT2D eigenvalue weighted by Gasteiger charge is 2.38. The number of nitrogens with zero attached hydrogens (tertiary/aromatic N) is 2. The molecule has 0 radical (unpaired) electrons. The number of aliphatic hydroxyl groups excluding tert-OH is 1. The minimum absolute atomic E-state index is 0.0698. The molecule has 0 saturated carbocycles. The van der Waals surface area contributed by atoms with Gasteiger partial charge in [-0.15, -0.1) is 0 Å². The highest BCUT2D eigenvalue weighted by atomic mass is 32.2. The third kappa shape index (κ3) is 6.20. The van der Waals surface area contributed by atoms with Gasteiger partial charge in [0.25, 0.3) is 0 Å². The van der Waals surface area contributed by atoms with Crippen LogP contribution in [0.15, 0.2) is 41.3 Å². The molecule has 2 aromatic carbocycles. The molecule has 2 aromatic rings. The number of rotatable bonds is 7. The van der Waals surface area contributed by atoms with Gasteiger partial charge in [0.05, 0.1) is 6.61 Å². The molecule has 0 amide bonds. The largest absolute Gasteiger partial charge is 0.487 e. The molecule has 4 rings (SSSR count). The van der Waals surface area contributed by atoms with E-state index in [2.05, 4.69) is 16.7 Å². The molecule has 0 spiro atoms. The van der Waals surface area contributed by atoms with Gasteiger partial charge >= 0.3 is 0 Å². The van der Waals surface area contributed by atoms with Crippen molar-refractivity contribution < 1.29 is 32.5 Å². The predicted molar refractivity (Wildman–Crippen MR) is 138 cm³/mol. The SMILES string of the molecule is COCC#Cc1ccc2c(c1)O[C@H](CN(C)Cc1ccc3c(c1)OCO3)[C@H](C)CN([C@H](C)CO)S2(=O)=O. The van der Waals surface area contributed by atoms with Crippen LogP contribution in [-0.2, 0) is 21.3 Å². The number of sulfonamides is 1. The zero-order valence-electron chi connectivity index (χ0n) is 21.6. The van der Waals surface area contributed by atoms with Crippen LogP contribution in [0.4, 0.5) is 0 Å². The van der Waals surface area contributed by atoms with Gasteiger partial charge in [-0.25, -0.2) is 8.42 Å². The highest BCUT2D eigenvalue weighted by Crippen LogP contribution is 2.35. The van der Waals surface area contributed by atoms with Crippen LogP contribution in [0.25, 0.3) is 0 Å². The summed E-state index contributed by atoms with van der Waals surface area (Å²) in [5, 5.41) is 9.83. The summed E-state index contributed by atoms with van der Waals surface area (Å²) in [4.78, 5) is 2.21. The molecule has 200 valence electrons. The van der Waals surface area contributed by atoms with Crippen LogP contribution >= 0.6 is 0 Å². The molecule has 9 nitrogen and oxygen atoms in total. The van der Waals surface area contributed by atoms with Gasteiger partial charge in [-0.3, -0.25) is 4.90 Å². The normalized spacial score (nSPS) is 21.2. The second kappa shape index (κ2) is 11.7. The fourth-order valence-electron chi connectivity index (χ4n) is 4.45. The van der Waals surface area contributed by atoms with E-state index in [1.54, 1.807) is 26.2 Å². The lowest BCUT2D eigenvalue weighted by Crippen LogP contribution is -2.49. The molecular weight excluding hydrogens is 496 g/mol. The molecule has 0 fully saturated rings. The summed E-state index contributed by atoms with van der Waals surface area (Å²) in [6.07, 6.45) is -0.316. The third-order valence-corrected chi connectivity index (χ3v) is 8.52. The standard InChI is InChI=1S/C27H34N2O7S/c1-19-14-29(20(2)17-30)37(31,32)27-10-8-21(6-5-11-33-4)12-25(27)36-26(19)16-28(3)15-22-7-9-23-24(13-22)35-18-34-23/h7-10,12-13,19-20,26,30H,11,14-18H2,1-4H3/t19-,20-,26-/m1/s1. The predicted octanol–water partition coefficient (Wildman–Crippen LogP) is 2.31. The quantitative estimate of drug-likeness (QED) is 0.545. The Balaban J connectivity index is 1.63. The van der Waals surface area contributed by atoms with Gasteiger partial charge in [0.2, 0.25) is 16.8 Å². The minimum atomic E-state index is -3.90. The topological polar surface area (TPSA) is 97.8 Å². The number of hydrogen-bond acceptors (Lipinski definition) is 8. The first-order valence-corrected chi connectivity index (χ1v) is 13.6. The van der Waals surface area contributed by atoms with Crippen molar-refractivity contribution in [2.24, 2.45) is 5.92 Å². The Morgan fingerprint density at radius 1 is 1.19 bits per heavy atom. The van der Waals surface area contributed by atoms with Crippen molar-refractivity contribution in [2.75, 3.05) is 47.3 Å². The summed E-state index contributed by atoms with van der Waals surface area (Å²) >= 11 is 0. The summed E-state index contributed by atoms with van der Waals surface area (Å²) in [7, 11) is -0.338. The molecule has 0 unspecified atom stereocenters. The maximum atomic E-state index is 13.6. The van der Waals surface area contributed by atoms with Gasteiger partial charge in [-0.05, 0) is 49.9 Å². The van der Waals surface area contributed by atoms with E-state index in [-0.39, 0.29) is 49.2 Å². The van der Waals surface area contributed by atoms with Gasteiger partial charge in [0, 0.05) is 44.3 Å². The summed E-state index contributed by atoms with van der Waals surface area (Å²) in [5.41, 5.74) is 1.70. The number of methoxy groups -OCH3 is 1. The van der Waals surface area contributed by atoms with Gasteiger partial charge in [-0.1, -0.05) is 24.8 Å². The lowest BCUT2D eigenvalue weighted by Gasteiger charge is -2.37. The molecule has 0 saturated heterocycles. The van der Waals surface area contributed by atoms with Crippen LogP contribution in [0.2, 0.25) is 0 Å². The molecule has 2 heterocycles. The fraction of sp³-hybridized carbons (Fsp3) is 0.481.